The molecule has 0 radical (unpaired) electrons. The summed E-state index contributed by atoms with van der Waals surface area (Å²) in [5.74, 6) is 1.97. The van der Waals surface area contributed by atoms with Gasteiger partial charge in [-0.05, 0) is 24.9 Å². The molecular weight excluding hydrogens is 226 g/mol. The molecule has 1 atom stereocenters. The lowest BCUT2D eigenvalue weighted by Crippen LogP contribution is -2.22. The molecule has 4 heteroatoms. The first-order chi connectivity index (χ1) is 8.88. The Morgan fingerprint density at radius 2 is 2.06 bits per heavy atom. The molecule has 1 unspecified atom stereocenters. The van der Waals surface area contributed by atoms with Gasteiger partial charge in [-0.25, -0.2) is 0 Å². The van der Waals surface area contributed by atoms with Crippen molar-refractivity contribution in [1.29, 1.82) is 0 Å². The van der Waals surface area contributed by atoms with Crippen LogP contribution in [0, 0.1) is 0 Å². The Kier molecular flexibility index (Phi) is 3.11. The van der Waals surface area contributed by atoms with Crippen LogP contribution >= 0.6 is 0 Å². The number of nitrogens with one attached hydrogen (secondary N) is 1. The molecule has 1 fully saturated rings. The monoisotopic (exact) mass is 243 g/mol. The molecule has 1 heterocycles. The minimum Gasteiger partial charge on any atom is -0.423 e. The highest BCUT2D eigenvalue weighted by molar-refractivity contribution is 5.23. The first-order valence-electron chi connectivity index (χ1n) is 6.50. The fourth-order valence-corrected chi connectivity index (χ4v) is 2.06. The quantitative estimate of drug-likeness (QED) is 0.877. The highest BCUT2D eigenvalue weighted by Crippen LogP contribution is 2.39. The van der Waals surface area contributed by atoms with E-state index in [1.54, 1.807) is 0 Å². The topological polar surface area (TPSA) is 51.0 Å². The maximum atomic E-state index is 5.79. The normalized spacial score (nSPS) is 16.7. The number of hydrogen-bond acceptors (Lipinski definition) is 4. The lowest BCUT2D eigenvalue weighted by Gasteiger charge is -2.13. The van der Waals surface area contributed by atoms with E-state index in [9.17, 15) is 0 Å². The lowest BCUT2D eigenvalue weighted by molar-refractivity contribution is 0.409. The summed E-state index contributed by atoms with van der Waals surface area (Å²) in [6.07, 6.45) is 2.36. The van der Waals surface area contributed by atoms with Gasteiger partial charge in [-0.3, -0.25) is 0 Å². The van der Waals surface area contributed by atoms with Crippen molar-refractivity contribution in [1.82, 2.24) is 15.5 Å². The van der Waals surface area contributed by atoms with Gasteiger partial charge in [-0.1, -0.05) is 37.3 Å². The molecule has 18 heavy (non-hydrogen) atoms. The predicted octanol–water partition coefficient (Wildman–Crippen LogP) is 2.65. The Hall–Kier alpha value is -1.68. The number of aromatic nitrogens is 2. The molecule has 1 aliphatic carbocycles. The average Bonchev–Trinajstić information content (AvgIpc) is 3.16. The summed E-state index contributed by atoms with van der Waals surface area (Å²) < 4.78 is 5.79. The molecule has 1 saturated carbocycles. The first kappa shape index (κ1) is 11.4. The molecule has 0 bridgehead atoms. The zero-order chi connectivity index (χ0) is 12.4. The second-order valence-electron chi connectivity index (χ2n) is 4.65. The SMILES string of the molecule is CCNC(c1ccccc1)c1nnc(C2CC2)o1. The van der Waals surface area contributed by atoms with Gasteiger partial charge in [0.1, 0.15) is 6.04 Å². The maximum absolute atomic E-state index is 5.79. The minimum atomic E-state index is -0.00352. The van der Waals surface area contributed by atoms with Crippen LogP contribution in [0.5, 0.6) is 0 Å². The van der Waals surface area contributed by atoms with E-state index in [0.717, 1.165) is 18.0 Å². The fourth-order valence-electron chi connectivity index (χ4n) is 2.06. The highest BCUT2D eigenvalue weighted by atomic mass is 16.4. The molecule has 94 valence electrons. The second kappa shape index (κ2) is 4.90. The molecule has 1 aliphatic rings. The van der Waals surface area contributed by atoms with Crippen molar-refractivity contribution in [2.75, 3.05) is 6.54 Å². The molecule has 0 spiro atoms. The molecule has 3 rings (SSSR count). The Balaban J connectivity index is 1.88. The summed E-state index contributed by atoms with van der Waals surface area (Å²) >= 11 is 0. The smallest absolute Gasteiger partial charge is 0.237 e. The van der Waals surface area contributed by atoms with E-state index in [1.807, 2.05) is 18.2 Å². The van der Waals surface area contributed by atoms with Crippen LogP contribution < -0.4 is 5.32 Å². The Morgan fingerprint density at radius 3 is 2.72 bits per heavy atom. The third-order valence-electron chi connectivity index (χ3n) is 3.17. The second-order valence-corrected chi connectivity index (χ2v) is 4.65. The Bertz CT molecular complexity index is 505. The van der Waals surface area contributed by atoms with Crippen LogP contribution in [-0.2, 0) is 0 Å². The van der Waals surface area contributed by atoms with Crippen molar-refractivity contribution in [2.45, 2.75) is 31.7 Å². The summed E-state index contributed by atoms with van der Waals surface area (Å²) in [5, 5.41) is 11.7. The van der Waals surface area contributed by atoms with Crippen molar-refractivity contribution in [3.63, 3.8) is 0 Å². The van der Waals surface area contributed by atoms with Crippen LogP contribution in [0.25, 0.3) is 0 Å². The van der Waals surface area contributed by atoms with Crippen molar-refractivity contribution < 1.29 is 4.42 Å². The molecule has 2 aromatic rings. The number of hydrogen-bond donors (Lipinski definition) is 1. The third kappa shape index (κ3) is 2.29. The Labute approximate surface area is 106 Å². The molecule has 1 aromatic heterocycles. The van der Waals surface area contributed by atoms with Gasteiger partial charge >= 0.3 is 0 Å². The van der Waals surface area contributed by atoms with Gasteiger partial charge in [0.15, 0.2) is 0 Å². The van der Waals surface area contributed by atoms with E-state index in [0.29, 0.717) is 11.8 Å². The van der Waals surface area contributed by atoms with Gasteiger partial charge < -0.3 is 9.73 Å². The average molecular weight is 243 g/mol. The van der Waals surface area contributed by atoms with E-state index >= 15 is 0 Å². The molecular formula is C14H17N3O. The summed E-state index contributed by atoms with van der Waals surface area (Å²) in [4.78, 5) is 0. The van der Waals surface area contributed by atoms with Gasteiger partial charge in [-0.2, -0.15) is 0 Å². The number of rotatable bonds is 5. The minimum absolute atomic E-state index is 0.00352. The van der Waals surface area contributed by atoms with Crippen molar-refractivity contribution in [3.8, 4) is 0 Å². The standard InChI is InChI=1S/C14H17N3O/c1-2-15-12(10-6-4-3-5-7-10)14-17-16-13(18-14)11-8-9-11/h3-7,11-12,15H,2,8-9H2,1H3. The van der Waals surface area contributed by atoms with Crippen LogP contribution in [0.2, 0.25) is 0 Å². The van der Waals surface area contributed by atoms with Gasteiger partial charge in [0.25, 0.3) is 0 Å². The lowest BCUT2D eigenvalue weighted by atomic mass is 10.1. The molecule has 1 aromatic carbocycles. The third-order valence-corrected chi connectivity index (χ3v) is 3.17. The van der Waals surface area contributed by atoms with Crippen LogP contribution in [0.15, 0.2) is 34.7 Å². The van der Waals surface area contributed by atoms with Gasteiger partial charge in [0.2, 0.25) is 11.8 Å². The highest BCUT2D eigenvalue weighted by Gasteiger charge is 2.30. The van der Waals surface area contributed by atoms with Gasteiger partial charge in [0.05, 0.1) is 0 Å². The Morgan fingerprint density at radius 1 is 1.28 bits per heavy atom. The molecule has 0 aliphatic heterocycles. The summed E-state index contributed by atoms with van der Waals surface area (Å²) in [6, 6.07) is 10.2. The fraction of sp³-hybridized carbons (Fsp3) is 0.429. The van der Waals surface area contributed by atoms with Gasteiger partial charge in [-0.15, -0.1) is 10.2 Å². The van der Waals surface area contributed by atoms with E-state index in [2.05, 4.69) is 34.6 Å². The van der Waals surface area contributed by atoms with Crippen LogP contribution in [0.4, 0.5) is 0 Å². The van der Waals surface area contributed by atoms with Crippen LogP contribution in [0.1, 0.15) is 49.1 Å². The van der Waals surface area contributed by atoms with Crippen LogP contribution in [0.3, 0.4) is 0 Å². The zero-order valence-electron chi connectivity index (χ0n) is 10.5. The van der Waals surface area contributed by atoms with E-state index in [4.69, 9.17) is 4.42 Å². The summed E-state index contributed by atoms with van der Waals surface area (Å²) in [7, 11) is 0. The molecule has 4 nitrogen and oxygen atoms in total. The number of nitrogens with zero attached hydrogens (tertiary/aromatic N) is 2. The largest absolute Gasteiger partial charge is 0.423 e. The molecule has 0 saturated heterocycles. The molecule has 0 amide bonds. The van der Waals surface area contributed by atoms with E-state index in [1.165, 1.54) is 12.8 Å². The first-order valence-corrected chi connectivity index (χ1v) is 6.50. The summed E-state index contributed by atoms with van der Waals surface area (Å²) in [6.45, 7) is 2.94. The summed E-state index contributed by atoms with van der Waals surface area (Å²) in [5.41, 5.74) is 1.16. The zero-order valence-corrected chi connectivity index (χ0v) is 10.5. The van der Waals surface area contributed by atoms with Crippen molar-refractivity contribution in [2.24, 2.45) is 0 Å². The van der Waals surface area contributed by atoms with Gasteiger partial charge in [0, 0.05) is 5.92 Å². The van der Waals surface area contributed by atoms with E-state index < -0.39 is 0 Å². The van der Waals surface area contributed by atoms with Crippen LogP contribution in [-0.4, -0.2) is 16.7 Å². The maximum Gasteiger partial charge on any atom is 0.237 e. The number of benzene rings is 1. The predicted molar refractivity (Wildman–Crippen MR) is 68.2 cm³/mol. The van der Waals surface area contributed by atoms with Crippen molar-refractivity contribution in [3.05, 3.63) is 47.7 Å². The van der Waals surface area contributed by atoms with E-state index in [-0.39, 0.29) is 6.04 Å². The molecule has 1 N–H and O–H groups in total. The van der Waals surface area contributed by atoms with Crippen molar-refractivity contribution >= 4 is 0 Å².